The van der Waals surface area contributed by atoms with Crippen LogP contribution in [-0.2, 0) is 19.1 Å². The molecule has 0 radical (unpaired) electrons. The zero-order valence-electron chi connectivity index (χ0n) is 17.3. The first kappa shape index (κ1) is 18.3. The van der Waals surface area contributed by atoms with Crippen molar-refractivity contribution in [3.63, 3.8) is 0 Å². The maximum absolute atomic E-state index is 13.5. The second kappa shape index (κ2) is 6.28. The summed E-state index contributed by atoms with van der Waals surface area (Å²) in [4.78, 5) is 39.1. The number of carbonyl (C=O) groups is 3. The number of esters is 1. The summed E-state index contributed by atoms with van der Waals surface area (Å²) in [5.74, 6) is 0.649. The van der Waals surface area contributed by atoms with Gasteiger partial charge in [0.1, 0.15) is 17.2 Å². The Labute approximate surface area is 172 Å². The molecule has 0 heterocycles. The molecule has 5 saturated carbocycles. The molecular weight excluding hydrogens is 364 g/mol. The van der Waals surface area contributed by atoms with Gasteiger partial charge in [-0.15, -0.1) is 0 Å². The van der Waals surface area contributed by atoms with Gasteiger partial charge in [0.05, 0.1) is 5.92 Å². The largest absolute Gasteiger partial charge is 0.459 e. The minimum atomic E-state index is -0.376. The van der Waals surface area contributed by atoms with Gasteiger partial charge in [-0.1, -0.05) is 37.8 Å². The summed E-state index contributed by atoms with van der Waals surface area (Å²) in [6.45, 7) is 2.19. The molecule has 4 heteroatoms. The Balaban J connectivity index is 1.26. The third-order valence-corrected chi connectivity index (χ3v) is 9.93. The number of carbonyl (C=O) groups excluding carboxylic acids is 3. The van der Waals surface area contributed by atoms with Crippen molar-refractivity contribution in [2.75, 3.05) is 0 Å². The monoisotopic (exact) mass is 396 g/mol. The van der Waals surface area contributed by atoms with E-state index >= 15 is 0 Å². The fourth-order valence-corrected chi connectivity index (χ4v) is 8.57. The van der Waals surface area contributed by atoms with Gasteiger partial charge in [0.25, 0.3) is 0 Å². The van der Waals surface area contributed by atoms with Crippen molar-refractivity contribution in [1.29, 1.82) is 0 Å². The van der Waals surface area contributed by atoms with Gasteiger partial charge in [0, 0.05) is 23.7 Å². The molecule has 6 rings (SSSR count). The van der Waals surface area contributed by atoms with E-state index in [4.69, 9.17) is 4.74 Å². The SMILES string of the molecule is CC(OC(=O)C1CC2C(=O)C1C1C3C=CC(C3=O)C21)(C1CCCC1)C1CCCC1. The normalized spacial score (nSPS) is 43.7. The molecule has 29 heavy (non-hydrogen) atoms. The Bertz CT molecular complexity index is 769. The molecule has 0 aromatic carbocycles. The highest BCUT2D eigenvalue weighted by Gasteiger charge is 2.70. The summed E-state index contributed by atoms with van der Waals surface area (Å²) in [5, 5.41) is 0. The van der Waals surface area contributed by atoms with Crippen molar-refractivity contribution in [2.45, 2.75) is 70.3 Å². The van der Waals surface area contributed by atoms with Crippen LogP contribution in [0, 0.1) is 53.3 Å². The number of ketones is 2. The van der Waals surface area contributed by atoms with Crippen LogP contribution in [0.3, 0.4) is 0 Å². The van der Waals surface area contributed by atoms with Crippen molar-refractivity contribution in [3.05, 3.63) is 12.2 Å². The van der Waals surface area contributed by atoms with Crippen molar-refractivity contribution < 1.29 is 19.1 Å². The third kappa shape index (κ3) is 2.35. The number of rotatable bonds is 4. The Morgan fingerprint density at radius 1 is 0.897 bits per heavy atom. The molecule has 0 aromatic heterocycles. The van der Waals surface area contributed by atoms with E-state index in [1.54, 1.807) is 0 Å². The summed E-state index contributed by atoms with van der Waals surface area (Å²) in [6.07, 6.45) is 14.2. The average Bonchev–Trinajstić information content (AvgIpc) is 3.53. The highest BCUT2D eigenvalue weighted by Crippen LogP contribution is 2.64. The van der Waals surface area contributed by atoms with Gasteiger partial charge in [0.15, 0.2) is 0 Å². The van der Waals surface area contributed by atoms with Crippen molar-refractivity contribution in [1.82, 2.24) is 0 Å². The van der Waals surface area contributed by atoms with Crippen molar-refractivity contribution in [2.24, 2.45) is 53.3 Å². The predicted molar refractivity (Wildman–Crippen MR) is 107 cm³/mol. The molecule has 0 amide bonds. The second-order valence-electron chi connectivity index (χ2n) is 10.9. The maximum Gasteiger partial charge on any atom is 0.310 e. The Hall–Kier alpha value is -1.45. The number of ether oxygens (including phenoxy) is 1. The molecule has 0 N–H and O–H groups in total. The minimum absolute atomic E-state index is 0.0607. The molecule has 0 aliphatic heterocycles. The van der Waals surface area contributed by atoms with Crippen LogP contribution >= 0.6 is 0 Å². The fourth-order valence-electron chi connectivity index (χ4n) is 8.57. The summed E-state index contributed by atoms with van der Waals surface area (Å²) in [6, 6.07) is 0. The van der Waals surface area contributed by atoms with Gasteiger partial charge in [0.2, 0.25) is 0 Å². The quantitative estimate of drug-likeness (QED) is 0.407. The van der Waals surface area contributed by atoms with Crippen LogP contribution < -0.4 is 0 Å². The van der Waals surface area contributed by atoms with Gasteiger partial charge < -0.3 is 4.74 Å². The highest BCUT2D eigenvalue weighted by molar-refractivity contribution is 6.01. The van der Waals surface area contributed by atoms with E-state index in [9.17, 15) is 14.4 Å². The van der Waals surface area contributed by atoms with E-state index in [1.807, 2.05) is 12.2 Å². The smallest absolute Gasteiger partial charge is 0.310 e. The molecule has 7 atom stereocenters. The summed E-state index contributed by atoms with van der Waals surface area (Å²) >= 11 is 0. The van der Waals surface area contributed by atoms with E-state index < -0.39 is 0 Å². The topological polar surface area (TPSA) is 60.4 Å². The number of hydrogen-bond acceptors (Lipinski definition) is 4. The standard InChI is InChI=1S/C25H32O4/c1-25(13-6-2-3-7-13,14-8-4-5-9-14)29-24(28)18-12-17-19-15-10-11-16(22(15)26)20(19)21(18)23(17)27/h10-11,13-21H,2-9,12H2,1H3. The van der Waals surface area contributed by atoms with E-state index in [0.29, 0.717) is 24.0 Å². The van der Waals surface area contributed by atoms with E-state index in [0.717, 1.165) is 25.7 Å². The first-order chi connectivity index (χ1) is 14.0. The average molecular weight is 397 g/mol. The number of fused-ring (bicyclic) bond motifs is 9. The predicted octanol–water partition coefficient (Wildman–Crippen LogP) is 4.12. The van der Waals surface area contributed by atoms with Crippen LogP contribution in [0.1, 0.15) is 64.7 Å². The van der Waals surface area contributed by atoms with Gasteiger partial charge in [-0.2, -0.15) is 0 Å². The Morgan fingerprint density at radius 3 is 2.03 bits per heavy atom. The van der Waals surface area contributed by atoms with Gasteiger partial charge in [-0.05, 0) is 62.7 Å². The molecule has 6 aliphatic carbocycles. The Kier molecular flexibility index (Phi) is 3.97. The molecular formula is C25H32O4. The molecule has 0 spiro atoms. The minimum Gasteiger partial charge on any atom is -0.459 e. The van der Waals surface area contributed by atoms with E-state index in [2.05, 4.69) is 6.92 Å². The van der Waals surface area contributed by atoms with Gasteiger partial charge in [-0.25, -0.2) is 0 Å². The van der Waals surface area contributed by atoms with Gasteiger partial charge in [-0.3, -0.25) is 14.4 Å². The molecule has 4 bridgehead atoms. The maximum atomic E-state index is 13.5. The lowest BCUT2D eigenvalue weighted by Crippen LogP contribution is -2.47. The highest BCUT2D eigenvalue weighted by atomic mass is 16.6. The van der Waals surface area contributed by atoms with Crippen LogP contribution in [0.5, 0.6) is 0 Å². The summed E-state index contributed by atoms with van der Waals surface area (Å²) in [5.41, 5.74) is -0.376. The lowest BCUT2D eigenvalue weighted by atomic mass is 9.69. The lowest BCUT2D eigenvalue weighted by molar-refractivity contribution is -0.180. The number of hydrogen-bond donors (Lipinski definition) is 0. The van der Waals surface area contributed by atoms with Crippen LogP contribution in [0.2, 0.25) is 0 Å². The van der Waals surface area contributed by atoms with Crippen molar-refractivity contribution in [3.8, 4) is 0 Å². The van der Waals surface area contributed by atoms with Crippen molar-refractivity contribution >= 4 is 17.5 Å². The molecule has 7 unspecified atom stereocenters. The zero-order chi connectivity index (χ0) is 19.9. The molecule has 156 valence electrons. The zero-order valence-corrected chi connectivity index (χ0v) is 17.3. The van der Waals surface area contributed by atoms with Crippen LogP contribution in [0.15, 0.2) is 12.2 Å². The van der Waals surface area contributed by atoms with Crippen LogP contribution in [0.4, 0.5) is 0 Å². The lowest BCUT2D eigenvalue weighted by Gasteiger charge is -2.42. The first-order valence-electron chi connectivity index (χ1n) is 12.0. The molecule has 5 fully saturated rings. The first-order valence-corrected chi connectivity index (χ1v) is 12.0. The summed E-state index contributed by atoms with van der Waals surface area (Å²) in [7, 11) is 0. The molecule has 4 nitrogen and oxygen atoms in total. The number of Topliss-reactive ketones (excluding diaryl/α,β-unsaturated/α-hetero) is 2. The van der Waals surface area contributed by atoms with Crippen LogP contribution in [0.25, 0.3) is 0 Å². The van der Waals surface area contributed by atoms with Crippen LogP contribution in [-0.4, -0.2) is 23.1 Å². The second-order valence-corrected chi connectivity index (χ2v) is 10.9. The molecule has 0 saturated heterocycles. The number of allylic oxidation sites excluding steroid dienone is 2. The molecule has 0 aromatic rings. The van der Waals surface area contributed by atoms with E-state index in [1.165, 1.54) is 25.7 Å². The van der Waals surface area contributed by atoms with E-state index in [-0.39, 0.29) is 58.8 Å². The third-order valence-electron chi connectivity index (χ3n) is 9.93. The Morgan fingerprint density at radius 2 is 1.45 bits per heavy atom. The summed E-state index contributed by atoms with van der Waals surface area (Å²) < 4.78 is 6.45. The molecule has 6 aliphatic rings. The fraction of sp³-hybridized carbons (Fsp3) is 0.800. The van der Waals surface area contributed by atoms with Gasteiger partial charge >= 0.3 is 5.97 Å².